The van der Waals surface area contributed by atoms with Crippen molar-refractivity contribution in [2.45, 2.75) is 32.7 Å². The van der Waals surface area contributed by atoms with Crippen molar-refractivity contribution in [3.8, 4) is 11.6 Å². The molecule has 2 N–H and O–H groups in total. The summed E-state index contributed by atoms with van der Waals surface area (Å²) in [6, 6.07) is 10.0. The molecule has 0 aliphatic rings. The van der Waals surface area contributed by atoms with Gasteiger partial charge in [-0.05, 0) is 59.5 Å². The molecule has 0 radical (unpaired) electrons. The van der Waals surface area contributed by atoms with Gasteiger partial charge in [-0.2, -0.15) is 0 Å². The summed E-state index contributed by atoms with van der Waals surface area (Å²) < 4.78 is 6.75. The molecule has 0 amide bonds. The number of hydrogen-bond acceptors (Lipinski definition) is 3. The third kappa shape index (κ3) is 3.81. The first-order valence-electron chi connectivity index (χ1n) is 6.73. The molecule has 1 atom stereocenters. The van der Waals surface area contributed by atoms with Crippen LogP contribution in [-0.4, -0.2) is 11.0 Å². The molecule has 1 heterocycles. The number of hydrogen-bond donors (Lipinski definition) is 1. The zero-order chi connectivity index (χ0) is 14.5. The van der Waals surface area contributed by atoms with Gasteiger partial charge in [0.2, 0.25) is 5.88 Å². The van der Waals surface area contributed by atoms with Crippen LogP contribution in [0.3, 0.4) is 0 Å². The largest absolute Gasteiger partial charge is 0.438 e. The quantitative estimate of drug-likeness (QED) is 0.890. The second-order valence-electron chi connectivity index (χ2n) is 4.87. The molecule has 2 rings (SSSR count). The average Bonchev–Trinajstić information content (AvgIpc) is 2.44. The van der Waals surface area contributed by atoms with Gasteiger partial charge in [0.25, 0.3) is 0 Å². The maximum atomic E-state index is 5.97. The van der Waals surface area contributed by atoms with Gasteiger partial charge in [-0.25, -0.2) is 4.98 Å². The fourth-order valence-corrected chi connectivity index (χ4v) is 2.28. The summed E-state index contributed by atoms with van der Waals surface area (Å²) in [5, 5.41) is 0. The fraction of sp³-hybridized carbons (Fsp3) is 0.312. The summed E-state index contributed by atoms with van der Waals surface area (Å²) >= 11 is 3.47. The molecule has 3 nitrogen and oxygen atoms in total. The van der Waals surface area contributed by atoms with E-state index in [-0.39, 0.29) is 6.04 Å². The molecule has 0 spiro atoms. The maximum Gasteiger partial charge on any atom is 0.222 e. The highest BCUT2D eigenvalue weighted by Crippen LogP contribution is 2.29. The SMILES string of the molecule is CCC(N)Cc1cnc(Oc2ccccc2Br)c(C)c1. The third-order valence-electron chi connectivity index (χ3n) is 3.15. The highest BCUT2D eigenvalue weighted by Gasteiger charge is 2.08. The monoisotopic (exact) mass is 334 g/mol. The summed E-state index contributed by atoms with van der Waals surface area (Å²) in [5.41, 5.74) is 8.14. The number of nitrogens with two attached hydrogens (primary N) is 1. The lowest BCUT2D eigenvalue weighted by Gasteiger charge is -2.12. The van der Waals surface area contributed by atoms with Crippen molar-refractivity contribution in [1.29, 1.82) is 0 Å². The second kappa shape index (κ2) is 6.86. The van der Waals surface area contributed by atoms with Crippen LogP contribution < -0.4 is 10.5 Å². The molecule has 0 bridgehead atoms. The number of ether oxygens (including phenoxy) is 1. The fourth-order valence-electron chi connectivity index (χ4n) is 1.92. The van der Waals surface area contributed by atoms with Crippen LogP contribution in [0, 0.1) is 6.92 Å². The predicted octanol–water partition coefficient (Wildman–Crippen LogP) is 4.22. The van der Waals surface area contributed by atoms with E-state index in [1.807, 2.05) is 37.4 Å². The number of nitrogens with zero attached hydrogens (tertiary/aromatic N) is 1. The Morgan fingerprint density at radius 2 is 2.10 bits per heavy atom. The third-order valence-corrected chi connectivity index (χ3v) is 3.81. The van der Waals surface area contributed by atoms with Crippen LogP contribution in [0.5, 0.6) is 11.6 Å². The van der Waals surface area contributed by atoms with Gasteiger partial charge in [0.15, 0.2) is 0 Å². The molecule has 1 unspecified atom stereocenters. The first-order valence-corrected chi connectivity index (χ1v) is 7.53. The van der Waals surface area contributed by atoms with E-state index in [4.69, 9.17) is 10.5 Å². The van der Waals surface area contributed by atoms with Gasteiger partial charge in [-0.15, -0.1) is 0 Å². The van der Waals surface area contributed by atoms with Gasteiger partial charge in [0, 0.05) is 17.8 Å². The minimum atomic E-state index is 0.186. The van der Waals surface area contributed by atoms with Gasteiger partial charge in [-0.3, -0.25) is 0 Å². The Balaban J connectivity index is 2.16. The van der Waals surface area contributed by atoms with E-state index in [2.05, 4.69) is 33.9 Å². The lowest BCUT2D eigenvalue weighted by molar-refractivity contribution is 0.455. The molecule has 1 aromatic heterocycles. The van der Waals surface area contributed by atoms with Gasteiger partial charge >= 0.3 is 0 Å². The van der Waals surface area contributed by atoms with E-state index >= 15 is 0 Å². The van der Waals surface area contributed by atoms with Crippen LogP contribution in [0.1, 0.15) is 24.5 Å². The van der Waals surface area contributed by atoms with Crippen molar-refractivity contribution in [2.75, 3.05) is 0 Å². The Bertz CT molecular complexity index is 586. The summed E-state index contributed by atoms with van der Waals surface area (Å²) in [6.07, 6.45) is 3.66. The molecule has 4 heteroatoms. The molecule has 0 saturated carbocycles. The molecular formula is C16H19BrN2O. The van der Waals surface area contributed by atoms with Gasteiger partial charge in [-0.1, -0.05) is 19.1 Å². The number of rotatable bonds is 5. The lowest BCUT2D eigenvalue weighted by atomic mass is 10.1. The zero-order valence-corrected chi connectivity index (χ0v) is 13.4. The van der Waals surface area contributed by atoms with Gasteiger partial charge < -0.3 is 10.5 Å². The number of aryl methyl sites for hydroxylation is 1. The summed E-state index contributed by atoms with van der Waals surface area (Å²) in [5.74, 6) is 1.40. The van der Waals surface area contributed by atoms with Crippen molar-refractivity contribution in [3.05, 3.63) is 52.1 Å². The summed E-state index contributed by atoms with van der Waals surface area (Å²) in [7, 11) is 0. The predicted molar refractivity (Wildman–Crippen MR) is 85.2 cm³/mol. The molecule has 2 aromatic rings. The Morgan fingerprint density at radius 1 is 1.35 bits per heavy atom. The number of para-hydroxylation sites is 1. The van der Waals surface area contributed by atoms with Crippen LogP contribution in [0.2, 0.25) is 0 Å². The van der Waals surface area contributed by atoms with E-state index in [1.165, 1.54) is 0 Å². The van der Waals surface area contributed by atoms with Crippen molar-refractivity contribution in [1.82, 2.24) is 4.98 Å². The van der Waals surface area contributed by atoms with Gasteiger partial charge in [0.1, 0.15) is 5.75 Å². The first-order chi connectivity index (χ1) is 9.60. The summed E-state index contributed by atoms with van der Waals surface area (Å²) in [6.45, 7) is 4.09. The van der Waals surface area contributed by atoms with Crippen LogP contribution in [0.15, 0.2) is 41.0 Å². The highest BCUT2D eigenvalue weighted by molar-refractivity contribution is 9.10. The first kappa shape index (κ1) is 15.0. The van der Waals surface area contributed by atoms with Crippen molar-refractivity contribution in [2.24, 2.45) is 5.73 Å². The highest BCUT2D eigenvalue weighted by atomic mass is 79.9. The van der Waals surface area contributed by atoms with Crippen LogP contribution >= 0.6 is 15.9 Å². The van der Waals surface area contributed by atoms with Crippen LogP contribution in [-0.2, 0) is 6.42 Å². The van der Waals surface area contributed by atoms with Crippen molar-refractivity contribution >= 4 is 15.9 Å². The molecule has 1 aromatic carbocycles. The standard InChI is InChI=1S/C16H19BrN2O/c1-3-13(18)9-12-8-11(2)16(19-10-12)20-15-7-5-4-6-14(15)17/h4-8,10,13H,3,9,18H2,1-2H3. The average molecular weight is 335 g/mol. The smallest absolute Gasteiger partial charge is 0.222 e. The number of pyridine rings is 1. The van der Waals surface area contributed by atoms with Crippen molar-refractivity contribution in [3.63, 3.8) is 0 Å². The van der Waals surface area contributed by atoms with Crippen molar-refractivity contribution < 1.29 is 4.74 Å². The second-order valence-corrected chi connectivity index (χ2v) is 5.72. The van der Waals surface area contributed by atoms with Gasteiger partial charge in [0.05, 0.1) is 4.47 Å². The topological polar surface area (TPSA) is 48.1 Å². The molecule has 106 valence electrons. The minimum absolute atomic E-state index is 0.186. The Kier molecular flexibility index (Phi) is 5.15. The van der Waals surface area contributed by atoms with Crippen LogP contribution in [0.25, 0.3) is 0 Å². The maximum absolute atomic E-state index is 5.97. The molecule has 20 heavy (non-hydrogen) atoms. The van der Waals surface area contributed by atoms with E-state index in [1.54, 1.807) is 0 Å². The molecule has 0 fully saturated rings. The Hall–Kier alpha value is -1.39. The minimum Gasteiger partial charge on any atom is -0.438 e. The lowest BCUT2D eigenvalue weighted by Crippen LogP contribution is -2.21. The molecular weight excluding hydrogens is 316 g/mol. The van der Waals surface area contributed by atoms with Crippen LogP contribution in [0.4, 0.5) is 0 Å². The van der Waals surface area contributed by atoms with E-state index in [0.29, 0.717) is 5.88 Å². The number of benzene rings is 1. The van der Waals surface area contributed by atoms with E-state index in [9.17, 15) is 0 Å². The van der Waals surface area contributed by atoms with E-state index < -0.39 is 0 Å². The number of halogens is 1. The Labute approximate surface area is 128 Å². The normalized spacial score (nSPS) is 12.2. The summed E-state index contributed by atoms with van der Waals surface area (Å²) in [4.78, 5) is 4.40. The number of aromatic nitrogens is 1. The Morgan fingerprint density at radius 3 is 2.75 bits per heavy atom. The van der Waals surface area contributed by atoms with E-state index in [0.717, 1.165) is 34.2 Å². The molecule has 0 saturated heterocycles. The molecule has 0 aliphatic carbocycles. The zero-order valence-electron chi connectivity index (χ0n) is 11.8. The molecule has 0 aliphatic heterocycles.